The second-order valence-corrected chi connectivity index (χ2v) is 8.94. The Bertz CT molecular complexity index is 1470. The number of para-hydroxylation sites is 1. The van der Waals surface area contributed by atoms with Gasteiger partial charge in [-0.3, -0.25) is 5.10 Å². The summed E-state index contributed by atoms with van der Waals surface area (Å²) in [6, 6.07) is 20.5. The first-order valence-electron chi connectivity index (χ1n) is 11.6. The number of benzene rings is 2. The van der Waals surface area contributed by atoms with Gasteiger partial charge in [0.05, 0.1) is 23.4 Å². The number of carbonyl (C=O) groups is 1. The molecule has 8 nitrogen and oxygen atoms in total. The first kappa shape index (κ1) is 23.0. The lowest BCUT2D eigenvalue weighted by atomic mass is 9.82. The van der Waals surface area contributed by atoms with Gasteiger partial charge in [0.2, 0.25) is 17.5 Å². The highest BCUT2D eigenvalue weighted by atomic mass is 16.5. The Morgan fingerprint density at radius 2 is 1.94 bits per heavy atom. The first-order valence-corrected chi connectivity index (χ1v) is 11.6. The molecule has 0 aliphatic carbocycles. The second kappa shape index (κ2) is 9.47. The van der Waals surface area contributed by atoms with E-state index in [2.05, 4.69) is 42.2 Å². The van der Waals surface area contributed by atoms with Crippen LogP contribution in [0.5, 0.6) is 11.6 Å². The fraction of sp³-hybridized carbons (Fsp3) is 0.179. The second-order valence-electron chi connectivity index (χ2n) is 8.94. The molecule has 0 saturated heterocycles. The van der Waals surface area contributed by atoms with Crippen molar-refractivity contribution in [3.05, 3.63) is 101 Å². The van der Waals surface area contributed by atoms with Crippen molar-refractivity contribution in [2.24, 2.45) is 11.7 Å². The summed E-state index contributed by atoms with van der Waals surface area (Å²) in [5.41, 5.74) is 10.3. The Kier molecular flexibility index (Phi) is 6.05. The van der Waals surface area contributed by atoms with Crippen LogP contribution in [0, 0.1) is 17.2 Å². The van der Waals surface area contributed by atoms with Gasteiger partial charge in [-0.2, -0.15) is 5.26 Å². The van der Waals surface area contributed by atoms with Crippen molar-refractivity contribution in [2.45, 2.75) is 26.2 Å². The van der Waals surface area contributed by atoms with Gasteiger partial charge in [-0.1, -0.05) is 56.3 Å². The maximum Gasteiger partial charge on any atom is 0.379 e. The van der Waals surface area contributed by atoms with Gasteiger partial charge >= 0.3 is 5.97 Å². The summed E-state index contributed by atoms with van der Waals surface area (Å²) < 4.78 is 16.6. The van der Waals surface area contributed by atoms with Crippen LogP contribution >= 0.6 is 0 Å². The number of hydrogen-bond donors (Lipinski definition) is 2. The Morgan fingerprint density at radius 3 is 2.64 bits per heavy atom. The van der Waals surface area contributed by atoms with E-state index in [9.17, 15) is 10.1 Å². The number of rotatable bonds is 6. The number of nitrogens with zero attached hydrogens (tertiary/aromatic N) is 2. The fourth-order valence-corrected chi connectivity index (χ4v) is 4.41. The molecule has 1 aliphatic heterocycles. The SMILES string of the molecule is CC(C)Cc1ccc(-c2[nH]nc3c2C(c2ccccc2OC(=O)c2ccco2)C(C#N)=C(N)O3)cc1. The van der Waals surface area contributed by atoms with Crippen LogP contribution in [-0.4, -0.2) is 16.2 Å². The lowest BCUT2D eigenvalue weighted by Gasteiger charge is -2.25. The standard InChI is InChI=1S/C28H24N4O4/c1-16(2)14-17-9-11-18(12-10-17)25-24-23(20(15-29)26(30)36-27(24)32-31-25)19-6-3-4-7-21(19)35-28(33)22-8-5-13-34-22/h3-13,16,23H,14,30H2,1-2H3,(H,31,32). The zero-order valence-electron chi connectivity index (χ0n) is 19.8. The molecule has 1 aliphatic rings. The molecule has 36 heavy (non-hydrogen) atoms. The van der Waals surface area contributed by atoms with Gasteiger partial charge in [0.25, 0.3) is 0 Å². The van der Waals surface area contributed by atoms with Gasteiger partial charge < -0.3 is 19.6 Å². The first-order chi connectivity index (χ1) is 17.5. The highest BCUT2D eigenvalue weighted by Crippen LogP contribution is 2.47. The molecule has 2 aromatic heterocycles. The minimum atomic E-state index is -0.677. The molecule has 2 aromatic carbocycles. The number of hydrogen-bond acceptors (Lipinski definition) is 7. The van der Waals surface area contributed by atoms with Gasteiger partial charge in [-0.25, -0.2) is 4.79 Å². The van der Waals surface area contributed by atoms with Gasteiger partial charge in [-0.15, -0.1) is 5.10 Å². The van der Waals surface area contributed by atoms with Crippen molar-refractivity contribution in [1.29, 1.82) is 5.26 Å². The van der Waals surface area contributed by atoms with Crippen molar-refractivity contribution < 1.29 is 18.7 Å². The number of esters is 1. The molecule has 0 radical (unpaired) electrons. The third-order valence-electron chi connectivity index (χ3n) is 5.98. The molecule has 3 heterocycles. The minimum absolute atomic E-state index is 0.0486. The van der Waals surface area contributed by atoms with E-state index >= 15 is 0 Å². The molecule has 180 valence electrons. The summed E-state index contributed by atoms with van der Waals surface area (Å²) >= 11 is 0. The van der Waals surface area contributed by atoms with Crippen LogP contribution in [0.3, 0.4) is 0 Å². The summed E-state index contributed by atoms with van der Waals surface area (Å²) in [4.78, 5) is 12.7. The van der Waals surface area contributed by atoms with E-state index in [1.807, 2.05) is 12.1 Å². The van der Waals surface area contributed by atoms with E-state index in [0.29, 0.717) is 22.7 Å². The summed E-state index contributed by atoms with van der Waals surface area (Å²) in [7, 11) is 0. The van der Waals surface area contributed by atoms with Crippen molar-refractivity contribution in [3.8, 4) is 29.0 Å². The summed E-state index contributed by atoms with van der Waals surface area (Å²) in [5.74, 6) is -0.223. The zero-order valence-corrected chi connectivity index (χ0v) is 19.8. The highest BCUT2D eigenvalue weighted by Gasteiger charge is 2.37. The number of carbonyl (C=O) groups excluding carboxylic acids is 1. The van der Waals surface area contributed by atoms with Crippen LogP contribution in [0.2, 0.25) is 0 Å². The van der Waals surface area contributed by atoms with Crippen molar-refractivity contribution >= 4 is 5.97 Å². The molecular weight excluding hydrogens is 456 g/mol. The van der Waals surface area contributed by atoms with Crippen LogP contribution in [0.25, 0.3) is 11.3 Å². The van der Waals surface area contributed by atoms with Crippen LogP contribution in [0.4, 0.5) is 0 Å². The van der Waals surface area contributed by atoms with E-state index in [1.54, 1.807) is 30.3 Å². The number of ether oxygens (including phenoxy) is 2. The number of nitrogens with one attached hydrogen (secondary N) is 1. The van der Waals surface area contributed by atoms with Gasteiger partial charge in [0.1, 0.15) is 17.4 Å². The van der Waals surface area contributed by atoms with Crippen molar-refractivity contribution in [1.82, 2.24) is 10.2 Å². The molecule has 0 fully saturated rings. The largest absolute Gasteiger partial charge is 0.457 e. The number of allylic oxidation sites excluding steroid dienone is 1. The quantitative estimate of drug-likeness (QED) is 0.283. The molecule has 5 rings (SSSR count). The van der Waals surface area contributed by atoms with Crippen LogP contribution in [0.15, 0.2) is 82.8 Å². The van der Waals surface area contributed by atoms with Gasteiger partial charge in [-0.05, 0) is 36.1 Å². The Morgan fingerprint density at radius 1 is 1.17 bits per heavy atom. The van der Waals surface area contributed by atoms with Crippen LogP contribution in [0.1, 0.15) is 47.0 Å². The summed E-state index contributed by atoms with van der Waals surface area (Å²) in [5, 5.41) is 17.4. The molecule has 1 unspecified atom stereocenters. The van der Waals surface area contributed by atoms with E-state index in [1.165, 1.54) is 17.9 Å². The number of nitrogens with two attached hydrogens (primary N) is 1. The lowest BCUT2D eigenvalue weighted by Crippen LogP contribution is -2.21. The normalized spacial score (nSPS) is 14.8. The molecule has 0 amide bonds. The summed E-state index contributed by atoms with van der Waals surface area (Å²) in [6.45, 7) is 4.36. The maximum absolute atomic E-state index is 12.7. The molecule has 0 bridgehead atoms. The molecule has 4 aromatic rings. The van der Waals surface area contributed by atoms with Gasteiger partial charge in [0.15, 0.2) is 0 Å². The Labute approximate surface area is 208 Å². The Hall–Kier alpha value is -4.77. The van der Waals surface area contributed by atoms with Gasteiger partial charge in [0, 0.05) is 11.1 Å². The van der Waals surface area contributed by atoms with Crippen LogP contribution in [-0.2, 0) is 6.42 Å². The summed E-state index contributed by atoms with van der Waals surface area (Å²) in [6.07, 6.45) is 2.37. The predicted octanol–water partition coefficient (Wildman–Crippen LogP) is 5.31. The van der Waals surface area contributed by atoms with E-state index in [0.717, 1.165) is 12.0 Å². The number of nitriles is 1. The van der Waals surface area contributed by atoms with E-state index in [4.69, 9.17) is 19.6 Å². The average molecular weight is 481 g/mol. The predicted molar refractivity (Wildman–Crippen MR) is 132 cm³/mol. The molecule has 3 N–H and O–H groups in total. The lowest BCUT2D eigenvalue weighted by molar-refractivity contribution is 0.0699. The number of aromatic amines is 1. The van der Waals surface area contributed by atoms with Crippen molar-refractivity contribution in [3.63, 3.8) is 0 Å². The number of furan rings is 1. The highest BCUT2D eigenvalue weighted by molar-refractivity contribution is 5.88. The van der Waals surface area contributed by atoms with E-state index in [-0.39, 0.29) is 28.8 Å². The van der Waals surface area contributed by atoms with Crippen molar-refractivity contribution in [2.75, 3.05) is 0 Å². The molecule has 1 atom stereocenters. The average Bonchev–Trinajstić information content (AvgIpc) is 3.54. The molecule has 8 heteroatoms. The Balaban J connectivity index is 1.60. The maximum atomic E-state index is 12.7. The third-order valence-corrected chi connectivity index (χ3v) is 5.98. The molecule has 0 spiro atoms. The smallest absolute Gasteiger partial charge is 0.379 e. The zero-order chi connectivity index (χ0) is 25.2. The fourth-order valence-electron chi connectivity index (χ4n) is 4.41. The topological polar surface area (TPSA) is 127 Å². The van der Waals surface area contributed by atoms with Crippen LogP contribution < -0.4 is 15.2 Å². The number of fused-ring (bicyclic) bond motifs is 1. The molecule has 0 saturated carbocycles. The monoisotopic (exact) mass is 480 g/mol. The third kappa shape index (κ3) is 4.23. The minimum Gasteiger partial charge on any atom is -0.457 e. The molecular formula is C28H24N4O4. The number of H-pyrrole nitrogens is 1. The van der Waals surface area contributed by atoms with E-state index < -0.39 is 11.9 Å². The number of aromatic nitrogens is 2.